The molecule has 0 bridgehead atoms. The van der Waals surface area contributed by atoms with Crippen LogP contribution >= 0.6 is 0 Å². The first-order valence-electron chi connectivity index (χ1n) is 10.9. The number of ketones is 1. The number of hydrogen-bond acceptors (Lipinski definition) is 5. The van der Waals surface area contributed by atoms with Crippen LogP contribution in [-0.2, 0) is 6.42 Å². The van der Waals surface area contributed by atoms with Crippen LogP contribution in [0.25, 0.3) is 5.65 Å². The average molecular weight is 459 g/mol. The fraction of sp³-hybridized carbons (Fsp3) is 0.192. The number of ether oxygens (including phenoxy) is 1. The van der Waals surface area contributed by atoms with Crippen LogP contribution in [0.2, 0.25) is 0 Å². The molecule has 1 aliphatic heterocycles. The number of nitrogens with zero attached hydrogens (tertiary/aromatic N) is 2. The van der Waals surface area contributed by atoms with Crippen LogP contribution in [0, 0.1) is 12.7 Å². The third kappa shape index (κ3) is 4.04. The summed E-state index contributed by atoms with van der Waals surface area (Å²) in [5.41, 5.74) is 2.88. The van der Waals surface area contributed by atoms with Gasteiger partial charge in [-0.15, -0.1) is 0 Å². The molecule has 4 aromatic rings. The first-order valence-corrected chi connectivity index (χ1v) is 10.9. The molecule has 0 fully saturated rings. The van der Waals surface area contributed by atoms with E-state index in [0.29, 0.717) is 22.7 Å². The molecule has 0 aliphatic carbocycles. The number of carbonyl (C=O) groups is 2. The Kier molecular flexibility index (Phi) is 5.59. The fourth-order valence-corrected chi connectivity index (χ4v) is 4.15. The highest BCUT2D eigenvalue weighted by Gasteiger charge is 2.31. The number of benzene rings is 2. The van der Waals surface area contributed by atoms with Gasteiger partial charge >= 0.3 is 0 Å². The van der Waals surface area contributed by atoms with Gasteiger partial charge in [0.05, 0.1) is 12.2 Å². The standard InChI is InChI=1S/C26H22FN3O4/c1-15-6-9-24-28-12-20(30(24)13-15)21(31)11-17-10-16(7-8-19(17)27)26(33)29-25-18-4-2-3-5-23(18)34-14-22(25)32/h2-10,12-13,22,25,32H,11,14H2,1H3,(H,29,33)/t22-,25+/m1/s1. The minimum absolute atomic E-state index is 0.0455. The zero-order valence-electron chi connectivity index (χ0n) is 18.4. The number of rotatable bonds is 5. The van der Waals surface area contributed by atoms with Crippen LogP contribution in [0.1, 0.15) is 43.6 Å². The van der Waals surface area contributed by atoms with Crippen LogP contribution in [0.5, 0.6) is 5.75 Å². The van der Waals surface area contributed by atoms with Crippen molar-refractivity contribution in [2.24, 2.45) is 0 Å². The van der Waals surface area contributed by atoms with E-state index in [4.69, 9.17) is 4.74 Å². The number of aromatic nitrogens is 2. The van der Waals surface area contributed by atoms with Gasteiger partial charge in [0.25, 0.3) is 5.91 Å². The van der Waals surface area contributed by atoms with Crippen LogP contribution in [0.15, 0.2) is 67.0 Å². The number of nitrogens with one attached hydrogen (secondary N) is 1. The molecule has 1 aliphatic rings. The molecule has 0 radical (unpaired) electrons. The molecule has 5 rings (SSSR count). The lowest BCUT2D eigenvalue weighted by Gasteiger charge is -2.31. The summed E-state index contributed by atoms with van der Waals surface area (Å²) >= 11 is 0. The molecule has 172 valence electrons. The molecule has 34 heavy (non-hydrogen) atoms. The van der Waals surface area contributed by atoms with Crippen LogP contribution in [0.3, 0.4) is 0 Å². The number of carbonyl (C=O) groups excluding carboxylic acids is 2. The molecule has 1 amide bonds. The lowest BCUT2D eigenvalue weighted by Crippen LogP contribution is -2.42. The molecule has 0 saturated carbocycles. The highest BCUT2D eigenvalue weighted by Crippen LogP contribution is 2.32. The lowest BCUT2D eigenvalue weighted by atomic mass is 9.97. The molecule has 2 aromatic heterocycles. The second-order valence-corrected chi connectivity index (χ2v) is 8.35. The largest absolute Gasteiger partial charge is 0.490 e. The number of aliphatic hydroxyl groups excluding tert-OH is 1. The first kappa shape index (κ1) is 21.8. The zero-order chi connectivity index (χ0) is 23.8. The number of halogens is 1. The van der Waals surface area contributed by atoms with E-state index in [0.717, 1.165) is 5.56 Å². The number of aryl methyl sites for hydroxylation is 1. The number of imidazole rings is 1. The van der Waals surface area contributed by atoms with Crippen LogP contribution < -0.4 is 10.1 Å². The maximum Gasteiger partial charge on any atom is 0.251 e. The number of fused-ring (bicyclic) bond motifs is 2. The quantitative estimate of drug-likeness (QED) is 0.446. The van der Waals surface area contributed by atoms with Gasteiger partial charge in [0.1, 0.15) is 35.6 Å². The average Bonchev–Trinajstić information content (AvgIpc) is 3.25. The van der Waals surface area contributed by atoms with E-state index >= 15 is 0 Å². The number of amides is 1. The highest BCUT2D eigenvalue weighted by atomic mass is 19.1. The van der Waals surface area contributed by atoms with Crippen molar-refractivity contribution in [3.63, 3.8) is 0 Å². The molecule has 0 saturated heterocycles. The summed E-state index contributed by atoms with van der Waals surface area (Å²) in [4.78, 5) is 30.2. The Balaban J connectivity index is 1.38. The summed E-state index contributed by atoms with van der Waals surface area (Å²) in [7, 11) is 0. The maximum absolute atomic E-state index is 14.6. The molecule has 7 nitrogen and oxygen atoms in total. The van der Waals surface area contributed by atoms with Gasteiger partial charge in [0.15, 0.2) is 5.78 Å². The molecule has 0 unspecified atom stereocenters. The molecule has 0 spiro atoms. The van der Waals surface area contributed by atoms with Crippen molar-refractivity contribution < 1.29 is 23.8 Å². The predicted molar refractivity (Wildman–Crippen MR) is 123 cm³/mol. The van der Waals surface area contributed by atoms with Gasteiger partial charge < -0.3 is 15.2 Å². The maximum atomic E-state index is 14.6. The Labute approximate surface area is 194 Å². The summed E-state index contributed by atoms with van der Waals surface area (Å²) in [6, 6.07) is 14.1. The summed E-state index contributed by atoms with van der Waals surface area (Å²) in [6.07, 6.45) is 2.11. The third-order valence-corrected chi connectivity index (χ3v) is 5.93. The number of aliphatic hydroxyl groups is 1. The second-order valence-electron chi connectivity index (χ2n) is 8.35. The summed E-state index contributed by atoms with van der Waals surface area (Å²) < 4.78 is 21.8. The minimum atomic E-state index is -0.932. The second kappa shape index (κ2) is 8.72. The molecule has 2 aromatic carbocycles. The van der Waals surface area contributed by atoms with E-state index in [1.165, 1.54) is 24.4 Å². The SMILES string of the molecule is Cc1ccc2ncc(C(=O)Cc3cc(C(=O)N[C@H]4c5ccccc5OC[C@H]4O)ccc3F)n2c1. The monoisotopic (exact) mass is 459 g/mol. The van der Waals surface area contributed by atoms with Crippen LogP contribution in [-0.4, -0.2) is 38.9 Å². The number of pyridine rings is 1. The Morgan fingerprint density at radius 2 is 2.03 bits per heavy atom. The smallest absolute Gasteiger partial charge is 0.251 e. The molecule has 3 heterocycles. The number of para-hydroxylation sites is 1. The van der Waals surface area contributed by atoms with Crippen molar-refractivity contribution in [2.45, 2.75) is 25.5 Å². The molecule has 8 heteroatoms. The van der Waals surface area contributed by atoms with Crippen molar-refractivity contribution >= 4 is 17.3 Å². The van der Waals surface area contributed by atoms with E-state index in [-0.39, 0.29) is 29.9 Å². The van der Waals surface area contributed by atoms with Gasteiger partial charge in [0.2, 0.25) is 0 Å². The molecule has 2 atom stereocenters. The molecule has 2 N–H and O–H groups in total. The van der Waals surface area contributed by atoms with E-state index < -0.39 is 23.9 Å². The lowest BCUT2D eigenvalue weighted by molar-refractivity contribution is 0.0502. The number of hydrogen-bond donors (Lipinski definition) is 2. The molecular formula is C26H22FN3O4. The first-order chi connectivity index (χ1) is 16.4. The highest BCUT2D eigenvalue weighted by molar-refractivity contribution is 5.98. The summed E-state index contributed by atoms with van der Waals surface area (Å²) in [6.45, 7) is 1.95. The Morgan fingerprint density at radius 1 is 1.21 bits per heavy atom. The van der Waals surface area contributed by atoms with Crippen molar-refractivity contribution in [3.05, 3.63) is 101 Å². The third-order valence-electron chi connectivity index (χ3n) is 5.93. The van der Waals surface area contributed by atoms with E-state index in [1.54, 1.807) is 34.9 Å². The summed E-state index contributed by atoms with van der Waals surface area (Å²) in [5, 5.41) is 13.2. The zero-order valence-corrected chi connectivity index (χ0v) is 18.4. The number of Topliss-reactive ketones (excluding diaryl/α,β-unsaturated/α-hetero) is 1. The van der Waals surface area contributed by atoms with E-state index in [2.05, 4.69) is 10.3 Å². The van der Waals surface area contributed by atoms with Gasteiger partial charge in [-0.2, -0.15) is 0 Å². The predicted octanol–water partition coefficient (Wildman–Crippen LogP) is 3.43. The topological polar surface area (TPSA) is 92.9 Å². The van der Waals surface area contributed by atoms with Crippen LogP contribution in [0.4, 0.5) is 4.39 Å². The fourth-order valence-electron chi connectivity index (χ4n) is 4.15. The van der Waals surface area contributed by atoms with E-state index in [9.17, 15) is 19.1 Å². The Hall–Kier alpha value is -4.04. The van der Waals surface area contributed by atoms with Gasteiger partial charge in [-0.3, -0.25) is 14.0 Å². The van der Waals surface area contributed by atoms with Gasteiger partial charge in [-0.1, -0.05) is 24.3 Å². The minimum Gasteiger partial charge on any atom is -0.490 e. The van der Waals surface area contributed by atoms with Crippen molar-refractivity contribution in [3.8, 4) is 5.75 Å². The van der Waals surface area contributed by atoms with Crippen molar-refractivity contribution in [1.29, 1.82) is 0 Å². The van der Waals surface area contributed by atoms with E-state index in [1.807, 2.05) is 19.1 Å². The summed E-state index contributed by atoms with van der Waals surface area (Å²) in [5.74, 6) is -0.790. The van der Waals surface area contributed by atoms with Crippen molar-refractivity contribution in [2.75, 3.05) is 6.61 Å². The molecular weight excluding hydrogens is 437 g/mol. The van der Waals surface area contributed by atoms with Gasteiger partial charge in [-0.25, -0.2) is 9.37 Å². The van der Waals surface area contributed by atoms with Gasteiger partial charge in [-0.05, 0) is 48.4 Å². The van der Waals surface area contributed by atoms with Gasteiger partial charge in [0, 0.05) is 23.7 Å². The Morgan fingerprint density at radius 3 is 2.88 bits per heavy atom. The normalized spacial score (nSPS) is 17.1. The Bertz CT molecular complexity index is 1410. The van der Waals surface area contributed by atoms with Crippen molar-refractivity contribution in [1.82, 2.24) is 14.7 Å².